The fourth-order valence-corrected chi connectivity index (χ4v) is 1.54. The molecule has 0 radical (unpaired) electrons. The molecular formula is C15H15N3O3. The molecule has 1 aromatic heterocycles. The van der Waals surface area contributed by atoms with Gasteiger partial charge in [-0.05, 0) is 18.2 Å². The van der Waals surface area contributed by atoms with Gasteiger partial charge in [0, 0.05) is 6.08 Å². The number of para-hydroxylation sites is 1. The minimum absolute atomic E-state index is 0.489. The molecule has 2 aromatic rings. The van der Waals surface area contributed by atoms with Gasteiger partial charge >= 0.3 is 5.97 Å². The summed E-state index contributed by atoms with van der Waals surface area (Å²) in [5, 5.41) is 11.6. The van der Waals surface area contributed by atoms with Gasteiger partial charge in [0.2, 0.25) is 0 Å². The first kappa shape index (κ1) is 14.5. The van der Waals surface area contributed by atoms with E-state index in [4.69, 9.17) is 9.84 Å². The van der Waals surface area contributed by atoms with Crippen molar-refractivity contribution in [1.29, 1.82) is 0 Å². The smallest absolute Gasteiger partial charge is 0.328 e. The zero-order valence-electron chi connectivity index (χ0n) is 11.3. The van der Waals surface area contributed by atoms with Crippen LogP contribution in [0.15, 0.2) is 48.8 Å². The Bertz CT molecular complexity index is 597. The number of nitrogens with zero attached hydrogens (tertiary/aromatic N) is 2. The highest BCUT2D eigenvalue weighted by molar-refractivity contribution is 5.84. The molecule has 1 aromatic carbocycles. The Morgan fingerprint density at radius 1 is 1.24 bits per heavy atom. The monoisotopic (exact) mass is 285 g/mol. The van der Waals surface area contributed by atoms with Gasteiger partial charge in [0.1, 0.15) is 18.2 Å². The summed E-state index contributed by atoms with van der Waals surface area (Å²) in [5.74, 6) is 0.413. The molecule has 1 heterocycles. The van der Waals surface area contributed by atoms with Crippen LogP contribution >= 0.6 is 0 Å². The molecule has 0 aliphatic rings. The molecule has 2 rings (SSSR count). The number of carboxylic acid groups (broad SMARTS) is 1. The maximum Gasteiger partial charge on any atom is 0.328 e. The van der Waals surface area contributed by atoms with E-state index in [1.54, 1.807) is 6.20 Å². The van der Waals surface area contributed by atoms with E-state index in [-0.39, 0.29) is 0 Å². The van der Waals surface area contributed by atoms with Crippen LogP contribution in [0, 0.1) is 0 Å². The minimum Gasteiger partial charge on any atom is -0.492 e. The highest BCUT2D eigenvalue weighted by atomic mass is 16.5. The van der Waals surface area contributed by atoms with E-state index < -0.39 is 5.97 Å². The van der Waals surface area contributed by atoms with E-state index >= 15 is 0 Å². The maximum atomic E-state index is 10.4. The summed E-state index contributed by atoms with van der Waals surface area (Å²) in [7, 11) is 0. The Balaban J connectivity index is 1.75. The van der Waals surface area contributed by atoms with Crippen LogP contribution in [0.25, 0.3) is 6.08 Å². The number of hydrogen-bond acceptors (Lipinski definition) is 5. The number of anilines is 1. The van der Waals surface area contributed by atoms with Crippen molar-refractivity contribution in [1.82, 2.24) is 9.97 Å². The first-order valence-electron chi connectivity index (χ1n) is 6.39. The lowest BCUT2D eigenvalue weighted by atomic mass is 10.3. The van der Waals surface area contributed by atoms with Crippen LogP contribution in [-0.2, 0) is 4.79 Å². The molecule has 0 spiro atoms. The molecule has 0 unspecified atom stereocenters. The molecule has 2 N–H and O–H groups in total. The third-order valence-corrected chi connectivity index (χ3v) is 2.49. The summed E-state index contributed by atoms with van der Waals surface area (Å²) in [4.78, 5) is 18.6. The second kappa shape index (κ2) is 7.64. The molecule has 6 heteroatoms. The van der Waals surface area contributed by atoms with Crippen LogP contribution in [0.2, 0.25) is 0 Å². The van der Waals surface area contributed by atoms with E-state index in [0.717, 1.165) is 11.8 Å². The van der Waals surface area contributed by atoms with Crippen molar-refractivity contribution < 1.29 is 14.6 Å². The average Bonchev–Trinajstić information content (AvgIpc) is 2.52. The summed E-state index contributed by atoms with van der Waals surface area (Å²) < 4.78 is 5.53. The average molecular weight is 285 g/mol. The van der Waals surface area contributed by atoms with Crippen molar-refractivity contribution in [3.63, 3.8) is 0 Å². The Morgan fingerprint density at radius 2 is 2.05 bits per heavy atom. The molecule has 0 aliphatic carbocycles. The van der Waals surface area contributed by atoms with Crippen LogP contribution in [0.1, 0.15) is 5.69 Å². The zero-order valence-corrected chi connectivity index (χ0v) is 11.3. The molecule has 0 aliphatic heterocycles. The Morgan fingerprint density at radius 3 is 2.71 bits per heavy atom. The summed E-state index contributed by atoms with van der Waals surface area (Å²) in [6, 6.07) is 9.54. The lowest BCUT2D eigenvalue weighted by Crippen LogP contribution is -2.12. The second-order valence-electron chi connectivity index (χ2n) is 4.09. The van der Waals surface area contributed by atoms with Gasteiger partial charge in [-0.2, -0.15) is 0 Å². The van der Waals surface area contributed by atoms with Crippen LogP contribution in [-0.4, -0.2) is 34.2 Å². The van der Waals surface area contributed by atoms with Crippen LogP contribution in [0.5, 0.6) is 5.75 Å². The third-order valence-electron chi connectivity index (χ3n) is 2.49. The quantitative estimate of drug-likeness (QED) is 0.598. The number of aromatic nitrogens is 2. The van der Waals surface area contributed by atoms with Crippen molar-refractivity contribution in [3.8, 4) is 5.75 Å². The summed E-state index contributed by atoms with van der Waals surface area (Å²) in [6.07, 6.45) is 5.45. The summed E-state index contributed by atoms with van der Waals surface area (Å²) in [5.41, 5.74) is 0.489. The lowest BCUT2D eigenvalue weighted by molar-refractivity contribution is -0.131. The van der Waals surface area contributed by atoms with E-state index in [1.165, 1.54) is 12.3 Å². The number of rotatable bonds is 7. The largest absolute Gasteiger partial charge is 0.492 e. The summed E-state index contributed by atoms with van der Waals surface area (Å²) in [6.45, 7) is 1.10. The van der Waals surface area contributed by atoms with E-state index in [1.807, 2.05) is 30.3 Å². The number of hydrogen-bond donors (Lipinski definition) is 2. The number of benzene rings is 1. The summed E-state index contributed by atoms with van der Waals surface area (Å²) >= 11 is 0. The van der Waals surface area contributed by atoms with Crippen molar-refractivity contribution in [2.24, 2.45) is 0 Å². The Kier molecular flexibility index (Phi) is 5.28. The second-order valence-corrected chi connectivity index (χ2v) is 4.09. The minimum atomic E-state index is -1.02. The number of carbonyl (C=O) groups is 1. The molecule has 0 saturated heterocycles. The van der Waals surface area contributed by atoms with Crippen molar-refractivity contribution in [2.75, 3.05) is 18.5 Å². The topological polar surface area (TPSA) is 84.3 Å². The predicted octanol–water partition coefficient (Wildman–Crippen LogP) is 2.07. The molecule has 0 atom stereocenters. The molecule has 0 bridgehead atoms. The van der Waals surface area contributed by atoms with Crippen LogP contribution in [0.3, 0.4) is 0 Å². The van der Waals surface area contributed by atoms with Crippen molar-refractivity contribution in [2.45, 2.75) is 0 Å². The normalized spacial score (nSPS) is 10.5. The van der Waals surface area contributed by atoms with Crippen molar-refractivity contribution in [3.05, 3.63) is 54.5 Å². The first-order chi connectivity index (χ1) is 10.2. The highest BCUT2D eigenvalue weighted by Crippen LogP contribution is 2.08. The van der Waals surface area contributed by atoms with E-state index in [2.05, 4.69) is 15.3 Å². The van der Waals surface area contributed by atoms with Gasteiger partial charge in [-0.25, -0.2) is 9.78 Å². The van der Waals surface area contributed by atoms with Gasteiger partial charge in [-0.15, -0.1) is 0 Å². The predicted molar refractivity (Wildman–Crippen MR) is 79.1 cm³/mol. The maximum absolute atomic E-state index is 10.4. The lowest BCUT2D eigenvalue weighted by Gasteiger charge is -2.07. The van der Waals surface area contributed by atoms with Gasteiger partial charge in [0.15, 0.2) is 0 Å². The first-order valence-corrected chi connectivity index (χ1v) is 6.39. The molecule has 0 amide bonds. The highest BCUT2D eigenvalue weighted by Gasteiger charge is 1.96. The van der Waals surface area contributed by atoms with Crippen LogP contribution in [0.4, 0.5) is 5.82 Å². The van der Waals surface area contributed by atoms with Gasteiger partial charge in [-0.3, -0.25) is 4.98 Å². The number of nitrogens with one attached hydrogen (secondary N) is 1. The Labute approximate surface area is 122 Å². The van der Waals surface area contributed by atoms with E-state index in [0.29, 0.717) is 24.7 Å². The van der Waals surface area contributed by atoms with Gasteiger partial charge in [0.05, 0.1) is 24.6 Å². The number of carboxylic acids is 1. The van der Waals surface area contributed by atoms with Crippen molar-refractivity contribution >= 4 is 17.9 Å². The molecule has 0 fully saturated rings. The van der Waals surface area contributed by atoms with Gasteiger partial charge < -0.3 is 15.2 Å². The molecular weight excluding hydrogens is 270 g/mol. The molecule has 21 heavy (non-hydrogen) atoms. The third kappa shape index (κ3) is 5.32. The van der Waals surface area contributed by atoms with Gasteiger partial charge in [0.25, 0.3) is 0 Å². The molecule has 6 nitrogen and oxygen atoms in total. The number of ether oxygens (including phenoxy) is 1. The fourth-order valence-electron chi connectivity index (χ4n) is 1.54. The molecule has 108 valence electrons. The standard InChI is InChI=1S/C15H15N3O3/c19-15(20)7-6-12-10-18-14(11-17-12)16-8-9-21-13-4-2-1-3-5-13/h1-7,10-11H,8-9H2,(H,16,18)(H,19,20)/b7-6+. The van der Waals surface area contributed by atoms with Crippen LogP contribution < -0.4 is 10.1 Å². The number of aliphatic carboxylic acids is 1. The van der Waals surface area contributed by atoms with Gasteiger partial charge in [-0.1, -0.05) is 18.2 Å². The Hall–Kier alpha value is -2.89. The molecule has 0 saturated carbocycles. The zero-order chi connectivity index (χ0) is 14.9. The fraction of sp³-hybridized carbons (Fsp3) is 0.133. The SMILES string of the molecule is O=C(O)/C=C/c1cnc(NCCOc2ccccc2)cn1. The van der Waals surface area contributed by atoms with E-state index in [9.17, 15) is 4.79 Å².